The second-order valence-corrected chi connectivity index (χ2v) is 7.27. The van der Waals surface area contributed by atoms with Gasteiger partial charge in [0.2, 0.25) is 10.0 Å². The monoisotopic (exact) mass is 356 g/mol. The van der Waals surface area contributed by atoms with Crippen molar-refractivity contribution in [2.45, 2.75) is 11.8 Å². The smallest absolute Gasteiger partial charge is 0.270 e. The molecule has 0 unspecified atom stereocenters. The minimum atomic E-state index is -4.00. The number of nitrogens with one attached hydrogen (secondary N) is 1. The van der Waals surface area contributed by atoms with Crippen molar-refractivity contribution in [3.63, 3.8) is 0 Å². The number of benzene rings is 1. The summed E-state index contributed by atoms with van der Waals surface area (Å²) in [4.78, 5) is 26.2. The maximum absolute atomic E-state index is 12.7. The lowest BCUT2D eigenvalue weighted by atomic mass is 10.1. The van der Waals surface area contributed by atoms with Crippen molar-refractivity contribution < 1.29 is 18.1 Å². The van der Waals surface area contributed by atoms with E-state index in [9.17, 15) is 23.3 Å². The van der Waals surface area contributed by atoms with E-state index in [-0.39, 0.29) is 22.7 Å². The van der Waals surface area contributed by atoms with Gasteiger partial charge in [-0.1, -0.05) is 6.92 Å². The zero-order chi connectivity index (χ0) is 17.9. The van der Waals surface area contributed by atoms with E-state index in [1.54, 1.807) is 11.8 Å². The summed E-state index contributed by atoms with van der Waals surface area (Å²) in [5, 5.41) is 10.9. The molecule has 0 atom stereocenters. The predicted octanol–water partition coefficient (Wildman–Crippen LogP) is 0.281. The fourth-order valence-electron chi connectivity index (χ4n) is 2.47. The highest BCUT2D eigenvalue weighted by atomic mass is 32.2. The largest absolute Gasteiger partial charge is 0.336 e. The summed E-state index contributed by atoms with van der Waals surface area (Å²) in [5.41, 5.74) is -0.424. The lowest BCUT2D eigenvalue weighted by molar-refractivity contribution is -0.385. The molecule has 1 aliphatic heterocycles. The van der Waals surface area contributed by atoms with E-state index >= 15 is 0 Å². The van der Waals surface area contributed by atoms with Gasteiger partial charge in [0, 0.05) is 44.9 Å². The number of hydrogen-bond acceptors (Lipinski definition) is 6. The lowest BCUT2D eigenvalue weighted by Gasteiger charge is -2.32. The predicted molar refractivity (Wildman–Crippen MR) is 87.4 cm³/mol. The minimum absolute atomic E-state index is 0.0499. The number of carbonyl (C=O) groups excluding carboxylic acids is 1. The van der Waals surface area contributed by atoms with Gasteiger partial charge in [-0.25, -0.2) is 13.1 Å². The first-order chi connectivity index (χ1) is 11.3. The molecule has 1 N–H and O–H groups in total. The van der Waals surface area contributed by atoms with E-state index in [2.05, 4.69) is 9.62 Å². The number of nitro benzene ring substituents is 1. The van der Waals surface area contributed by atoms with E-state index in [1.807, 2.05) is 7.05 Å². The third kappa shape index (κ3) is 3.89. The van der Waals surface area contributed by atoms with Crippen LogP contribution in [0.25, 0.3) is 0 Å². The average Bonchev–Trinajstić information content (AvgIpc) is 2.54. The Morgan fingerprint density at radius 3 is 2.46 bits per heavy atom. The number of nitrogens with zero attached hydrogens (tertiary/aromatic N) is 3. The Balaban J connectivity index is 2.45. The molecule has 1 aromatic rings. The van der Waals surface area contributed by atoms with Gasteiger partial charge in [0.25, 0.3) is 11.6 Å². The van der Waals surface area contributed by atoms with Gasteiger partial charge in [0.05, 0.1) is 10.5 Å². The highest BCUT2D eigenvalue weighted by Gasteiger charge is 2.28. The first-order valence-corrected chi connectivity index (χ1v) is 9.00. The van der Waals surface area contributed by atoms with E-state index in [0.29, 0.717) is 26.2 Å². The quantitative estimate of drug-likeness (QED) is 0.599. The number of sulfonamides is 1. The highest BCUT2D eigenvalue weighted by molar-refractivity contribution is 7.89. The number of non-ortho nitro benzene ring substituents is 1. The minimum Gasteiger partial charge on any atom is -0.336 e. The van der Waals surface area contributed by atoms with E-state index in [1.165, 1.54) is 6.07 Å². The van der Waals surface area contributed by atoms with E-state index < -0.39 is 20.9 Å². The van der Waals surface area contributed by atoms with E-state index in [4.69, 9.17) is 0 Å². The Morgan fingerprint density at radius 1 is 1.29 bits per heavy atom. The lowest BCUT2D eigenvalue weighted by Crippen LogP contribution is -2.47. The van der Waals surface area contributed by atoms with E-state index in [0.717, 1.165) is 12.1 Å². The highest BCUT2D eigenvalue weighted by Crippen LogP contribution is 2.24. The summed E-state index contributed by atoms with van der Waals surface area (Å²) in [7, 11) is -2.06. The van der Waals surface area contributed by atoms with Crippen LogP contribution in [0.2, 0.25) is 0 Å². The Labute approximate surface area is 140 Å². The molecular formula is C14H20N4O5S. The van der Waals surface area contributed by atoms with Crippen LogP contribution in [0, 0.1) is 10.1 Å². The normalized spacial score (nSPS) is 16.2. The standard InChI is InChI=1S/C14H20N4O5S/c1-3-15-24(22,23)13-10-11(18(20)21)4-5-12(13)14(19)17-8-6-16(2)7-9-17/h4-5,10,15H,3,6-9H2,1-2H3. The molecule has 1 amide bonds. The van der Waals surface area contributed by atoms with Crippen molar-refractivity contribution in [3.8, 4) is 0 Å². The van der Waals surface area contributed by atoms with Crippen LogP contribution < -0.4 is 4.72 Å². The molecular weight excluding hydrogens is 336 g/mol. The summed E-state index contributed by atoms with van der Waals surface area (Å²) in [5.74, 6) is -0.436. The van der Waals surface area contributed by atoms with Crippen molar-refractivity contribution in [1.82, 2.24) is 14.5 Å². The van der Waals surface area contributed by atoms with Crippen molar-refractivity contribution in [1.29, 1.82) is 0 Å². The second-order valence-electron chi connectivity index (χ2n) is 5.53. The summed E-state index contributed by atoms with van der Waals surface area (Å²) in [6.07, 6.45) is 0. The van der Waals surface area contributed by atoms with Crippen LogP contribution >= 0.6 is 0 Å². The summed E-state index contributed by atoms with van der Waals surface area (Å²) < 4.78 is 27.0. The number of piperazine rings is 1. The van der Waals surface area contributed by atoms with Crippen LogP contribution in [0.15, 0.2) is 23.1 Å². The Hall–Kier alpha value is -2.04. The number of hydrogen-bond donors (Lipinski definition) is 1. The molecule has 0 aromatic heterocycles. The number of likely N-dealkylation sites (N-methyl/N-ethyl adjacent to an activating group) is 1. The van der Waals surface area contributed by atoms with Crippen LogP contribution in [0.1, 0.15) is 17.3 Å². The fourth-order valence-corrected chi connectivity index (χ4v) is 3.73. The summed E-state index contributed by atoms with van der Waals surface area (Å²) in [6.45, 7) is 4.05. The summed E-state index contributed by atoms with van der Waals surface area (Å²) >= 11 is 0. The average molecular weight is 356 g/mol. The molecule has 9 nitrogen and oxygen atoms in total. The zero-order valence-corrected chi connectivity index (χ0v) is 14.4. The Morgan fingerprint density at radius 2 is 1.92 bits per heavy atom. The SMILES string of the molecule is CCNS(=O)(=O)c1cc([N+](=O)[O-])ccc1C(=O)N1CCN(C)CC1. The molecule has 1 fully saturated rings. The molecule has 0 radical (unpaired) electrons. The molecule has 1 heterocycles. The van der Waals surface area contributed by atoms with Crippen molar-refractivity contribution in [2.75, 3.05) is 39.8 Å². The van der Waals surface area contributed by atoms with Crippen LogP contribution in [0.5, 0.6) is 0 Å². The number of rotatable bonds is 5. The molecule has 1 aliphatic rings. The van der Waals surface area contributed by atoms with Gasteiger partial charge in [-0.3, -0.25) is 14.9 Å². The molecule has 2 rings (SSSR count). The summed E-state index contributed by atoms with van der Waals surface area (Å²) in [6, 6.07) is 3.29. The zero-order valence-electron chi connectivity index (χ0n) is 13.6. The molecule has 0 spiro atoms. The van der Waals surface area contributed by atoms with Gasteiger partial charge in [0.15, 0.2) is 0 Å². The first-order valence-electron chi connectivity index (χ1n) is 7.52. The second kappa shape index (κ2) is 7.24. The van der Waals surface area contributed by atoms with Gasteiger partial charge in [0.1, 0.15) is 4.90 Å². The van der Waals surface area contributed by atoms with Gasteiger partial charge in [-0.05, 0) is 13.1 Å². The van der Waals surface area contributed by atoms with Gasteiger partial charge < -0.3 is 9.80 Å². The molecule has 1 aromatic carbocycles. The molecule has 24 heavy (non-hydrogen) atoms. The number of carbonyl (C=O) groups is 1. The number of nitro groups is 1. The molecule has 1 saturated heterocycles. The molecule has 0 saturated carbocycles. The van der Waals surface area contributed by atoms with Crippen LogP contribution in [0.3, 0.4) is 0 Å². The third-order valence-electron chi connectivity index (χ3n) is 3.82. The topological polar surface area (TPSA) is 113 Å². The van der Waals surface area contributed by atoms with Crippen molar-refractivity contribution in [2.24, 2.45) is 0 Å². The van der Waals surface area contributed by atoms with Crippen molar-refractivity contribution >= 4 is 21.6 Å². The maximum Gasteiger partial charge on any atom is 0.270 e. The molecule has 0 aliphatic carbocycles. The Bertz CT molecular complexity index is 742. The fraction of sp³-hybridized carbons (Fsp3) is 0.500. The van der Waals surface area contributed by atoms with Gasteiger partial charge in [-0.2, -0.15) is 0 Å². The Kier molecular flexibility index (Phi) is 5.52. The molecule has 132 valence electrons. The molecule has 0 bridgehead atoms. The van der Waals surface area contributed by atoms with Crippen LogP contribution in [-0.4, -0.2) is 68.8 Å². The van der Waals surface area contributed by atoms with Crippen LogP contribution in [0.4, 0.5) is 5.69 Å². The number of amides is 1. The third-order valence-corrected chi connectivity index (χ3v) is 5.41. The van der Waals surface area contributed by atoms with Gasteiger partial charge >= 0.3 is 0 Å². The van der Waals surface area contributed by atoms with Crippen LogP contribution in [-0.2, 0) is 10.0 Å². The first kappa shape index (κ1) is 18.3. The van der Waals surface area contributed by atoms with Crippen molar-refractivity contribution in [3.05, 3.63) is 33.9 Å². The maximum atomic E-state index is 12.7. The molecule has 10 heteroatoms. The van der Waals surface area contributed by atoms with Gasteiger partial charge in [-0.15, -0.1) is 0 Å².